The van der Waals surface area contributed by atoms with Crippen molar-refractivity contribution in [1.29, 1.82) is 0 Å². The first-order chi connectivity index (χ1) is 7.14. The van der Waals surface area contributed by atoms with Crippen LogP contribution in [0.1, 0.15) is 52.9 Å². The van der Waals surface area contributed by atoms with Gasteiger partial charge in [0.15, 0.2) is 0 Å². The highest BCUT2D eigenvalue weighted by atomic mass is 32.2. The van der Waals surface area contributed by atoms with Crippen LogP contribution in [0.25, 0.3) is 0 Å². The molecular formula is C13H27NS. The third kappa shape index (κ3) is 5.82. The van der Waals surface area contributed by atoms with Gasteiger partial charge in [0, 0.05) is 11.8 Å². The van der Waals surface area contributed by atoms with Gasteiger partial charge in [0.2, 0.25) is 0 Å². The van der Waals surface area contributed by atoms with Gasteiger partial charge in [-0.15, -0.1) is 0 Å². The van der Waals surface area contributed by atoms with E-state index in [0.717, 1.165) is 6.04 Å². The molecule has 1 aliphatic rings. The van der Waals surface area contributed by atoms with Crippen LogP contribution in [0, 0.1) is 5.41 Å². The van der Waals surface area contributed by atoms with E-state index in [1.165, 1.54) is 50.2 Å². The molecule has 90 valence electrons. The van der Waals surface area contributed by atoms with Gasteiger partial charge in [0.1, 0.15) is 0 Å². The molecule has 0 spiro atoms. The largest absolute Gasteiger partial charge is 0.313 e. The molecular weight excluding hydrogens is 202 g/mol. The van der Waals surface area contributed by atoms with E-state index in [2.05, 4.69) is 37.8 Å². The Bertz CT molecular complexity index is 168. The van der Waals surface area contributed by atoms with Crippen LogP contribution in [0.5, 0.6) is 0 Å². The smallest absolute Gasteiger partial charge is 0.0163 e. The summed E-state index contributed by atoms with van der Waals surface area (Å²) in [5.74, 6) is 2.65. The molecule has 0 aromatic heterocycles. The Morgan fingerprint density at radius 2 is 2.07 bits per heavy atom. The summed E-state index contributed by atoms with van der Waals surface area (Å²) in [5.41, 5.74) is 0.546. The number of nitrogens with one attached hydrogen (secondary N) is 1. The summed E-state index contributed by atoms with van der Waals surface area (Å²) in [4.78, 5) is 0. The predicted octanol–water partition coefficient (Wildman–Crippen LogP) is 3.69. The Morgan fingerprint density at radius 3 is 2.73 bits per heavy atom. The van der Waals surface area contributed by atoms with Gasteiger partial charge in [-0.05, 0) is 30.6 Å². The molecule has 0 aromatic rings. The van der Waals surface area contributed by atoms with Gasteiger partial charge in [-0.2, -0.15) is 11.8 Å². The van der Waals surface area contributed by atoms with Crippen molar-refractivity contribution in [3.63, 3.8) is 0 Å². The van der Waals surface area contributed by atoms with Crippen LogP contribution in [0.3, 0.4) is 0 Å². The van der Waals surface area contributed by atoms with Crippen molar-refractivity contribution < 1.29 is 0 Å². The Kier molecular flexibility index (Phi) is 6.06. The predicted molar refractivity (Wildman–Crippen MR) is 71.7 cm³/mol. The Balaban J connectivity index is 2.05. The third-order valence-electron chi connectivity index (χ3n) is 3.07. The van der Waals surface area contributed by atoms with E-state index in [1.54, 1.807) is 0 Å². The van der Waals surface area contributed by atoms with Crippen molar-refractivity contribution in [2.45, 2.75) is 58.9 Å². The molecule has 0 amide bonds. The van der Waals surface area contributed by atoms with Gasteiger partial charge in [0.25, 0.3) is 0 Å². The van der Waals surface area contributed by atoms with Gasteiger partial charge >= 0.3 is 0 Å². The van der Waals surface area contributed by atoms with Crippen molar-refractivity contribution in [2.75, 3.05) is 18.1 Å². The van der Waals surface area contributed by atoms with Crippen molar-refractivity contribution in [3.05, 3.63) is 0 Å². The van der Waals surface area contributed by atoms with Gasteiger partial charge in [-0.25, -0.2) is 0 Å². The Labute approximate surface area is 99.8 Å². The van der Waals surface area contributed by atoms with Crippen molar-refractivity contribution in [1.82, 2.24) is 5.32 Å². The van der Waals surface area contributed by atoms with Crippen molar-refractivity contribution in [3.8, 4) is 0 Å². The molecule has 1 N–H and O–H groups in total. The molecule has 1 atom stereocenters. The van der Waals surface area contributed by atoms with Crippen LogP contribution >= 0.6 is 11.8 Å². The molecule has 0 aromatic carbocycles. The average molecular weight is 229 g/mol. The van der Waals surface area contributed by atoms with Crippen LogP contribution in [0.2, 0.25) is 0 Å². The summed E-state index contributed by atoms with van der Waals surface area (Å²) < 4.78 is 0. The minimum Gasteiger partial charge on any atom is -0.313 e. The molecule has 15 heavy (non-hydrogen) atoms. The lowest BCUT2D eigenvalue weighted by Gasteiger charge is -2.35. The summed E-state index contributed by atoms with van der Waals surface area (Å²) in [6.45, 7) is 8.28. The van der Waals surface area contributed by atoms with Crippen LogP contribution in [0.15, 0.2) is 0 Å². The minimum atomic E-state index is 0.546. The molecule has 1 saturated heterocycles. The summed E-state index contributed by atoms with van der Waals surface area (Å²) in [5, 5.41) is 3.72. The molecule has 2 heteroatoms. The third-order valence-corrected chi connectivity index (χ3v) is 4.70. The zero-order valence-electron chi connectivity index (χ0n) is 10.6. The molecule has 1 rings (SSSR count). The highest BCUT2D eigenvalue weighted by Crippen LogP contribution is 2.33. The maximum atomic E-state index is 3.72. The topological polar surface area (TPSA) is 12.0 Å². The molecule has 0 saturated carbocycles. The molecule has 0 radical (unpaired) electrons. The quantitative estimate of drug-likeness (QED) is 0.697. The SMILES string of the molecule is CCCCCCNC1CSCC(C)(C)C1. The first-order valence-electron chi connectivity index (χ1n) is 6.45. The number of hydrogen-bond acceptors (Lipinski definition) is 2. The van der Waals surface area contributed by atoms with E-state index in [1.807, 2.05) is 0 Å². The van der Waals surface area contributed by atoms with Crippen LogP contribution in [-0.2, 0) is 0 Å². The normalized spacial score (nSPS) is 25.4. The second kappa shape index (κ2) is 6.80. The lowest BCUT2D eigenvalue weighted by Crippen LogP contribution is -2.40. The number of thioether (sulfide) groups is 1. The molecule has 0 bridgehead atoms. The number of rotatable bonds is 6. The fourth-order valence-electron chi connectivity index (χ4n) is 2.25. The van der Waals surface area contributed by atoms with E-state index in [0.29, 0.717) is 5.41 Å². The zero-order chi connectivity index (χ0) is 11.1. The maximum Gasteiger partial charge on any atom is 0.0163 e. The summed E-state index contributed by atoms with van der Waals surface area (Å²) >= 11 is 2.12. The first-order valence-corrected chi connectivity index (χ1v) is 7.60. The second-order valence-electron chi connectivity index (χ2n) is 5.60. The molecule has 1 heterocycles. The van der Waals surface area contributed by atoms with Crippen molar-refractivity contribution in [2.24, 2.45) is 5.41 Å². The van der Waals surface area contributed by atoms with Crippen LogP contribution in [0.4, 0.5) is 0 Å². The van der Waals surface area contributed by atoms with Gasteiger partial charge in [-0.3, -0.25) is 0 Å². The highest BCUT2D eigenvalue weighted by Gasteiger charge is 2.27. The number of unbranched alkanes of at least 4 members (excludes halogenated alkanes) is 3. The van der Waals surface area contributed by atoms with Gasteiger partial charge in [0.05, 0.1) is 0 Å². The molecule has 1 nitrogen and oxygen atoms in total. The van der Waals surface area contributed by atoms with E-state index in [4.69, 9.17) is 0 Å². The van der Waals surface area contributed by atoms with Crippen molar-refractivity contribution >= 4 is 11.8 Å². The monoisotopic (exact) mass is 229 g/mol. The summed E-state index contributed by atoms with van der Waals surface area (Å²) in [6, 6.07) is 0.764. The molecule has 1 fully saturated rings. The van der Waals surface area contributed by atoms with Crippen LogP contribution in [-0.4, -0.2) is 24.1 Å². The van der Waals surface area contributed by atoms with E-state index < -0.39 is 0 Å². The molecule has 1 aliphatic heterocycles. The summed E-state index contributed by atoms with van der Waals surface area (Å²) in [6.07, 6.45) is 6.84. The lowest BCUT2D eigenvalue weighted by atomic mass is 9.88. The average Bonchev–Trinajstić information content (AvgIpc) is 2.16. The second-order valence-corrected chi connectivity index (χ2v) is 6.63. The Hall–Kier alpha value is 0.310. The Morgan fingerprint density at radius 1 is 1.27 bits per heavy atom. The van der Waals surface area contributed by atoms with E-state index in [-0.39, 0.29) is 0 Å². The minimum absolute atomic E-state index is 0.546. The van der Waals surface area contributed by atoms with E-state index >= 15 is 0 Å². The molecule has 1 unspecified atom stereocenters. The fraction of sp³-hybridized carbons (Fsp3) is 1.00. The first kappa shape index (κ1) is 13.4. The van der Waals surface area contributed by atoms with E-state index in [9.17, 15) is 0 Å². The fourth-order valence-corrected chi connectivity index (χ4v) is 3.56. The van der Waals surface area contributed by atoms with Gasteiger partial charge in [-0.1, -0.05) is 40.0 Å². The molecule has 0 aliphatic carbocycles. The van der Waals surface area contributed by atoms with Crippen LogP contribution < -0.4 is 5.32 Å². The lowest BCUT2D eigenvalue weighted by molar-refractivity contribution is 0.317. The highest BCUT2D eigenvalue weighted by molar-refractivity contribution is 7.99. The standard InChI is InChI=1S/C13H27NS/c1-4-5-6-7-8-14-12-9-13(2,3)11-15-10-12/h12,14H,4-11H2,1-3H3. The number of hydrogen-bond donors (Lipinski definition) is 1. The summed E-state index contributed by atoms with van der Waals surface area (Å²) in [7, 11) is 0. The van der Waals surface area contributed by atoms with Gasteiger partial charge < -0.3 is 5.32 Å². The maximum absolute atomic E-state index is 3.72. The zero-order valence-corrected chi connectivity index (χ0v) is 11.5.